The number of nitrogens with zero attached hydrogens (tertiary/aromatic N) is 2. The summed E-state index contributed by atoms with van der Waals surface area (Å²) in [5, 5.41) is 10.2. The minimum atomic E-state index is -1.02. The van der Waals surface area contributed by atoms with Gasteiger partial charge in [-0.3, -0.25) is 4.79 Å². The van der Waals surface area contributed by atoms with Crippen molar-refractivity contribution in [2.45, 2.75) is 70.1 Å². The zero-order valence-electron chi connectivity index (χ0n) is 20.7. The molecule has 1 unspecified atom stereocenters. The molecular formula is C28H38N2O4. The Bertz CT molecular complexity index is 951. The lowest BCUT2D eigenvalue weighted by Gasteiger charge is -2.43. The molecule has 1 aliphatic heterocycles. The quantitative estimate of drug-likeness (QED) is 0.623. The molecule has 1 heterocycles. The van der Waals surface area contributed by atoms with Crippen LogP contribution in [-0.4, -0.2) is 60.4 Å². The molecule has 6 nitrogen and oxygen atoms in total. The Hall–Kier alpha value is -2.73. The molecule has 0 spiro atoms. The molecule has 2 aliphatic rings. The van der Waals surface area contributed by atoms with Crippen LogP contribution in [0.2, 0.25) is 0 Å². The van der Waals surface area contributed by atoms with Gasteiger partial charge in [0.05, 0.1) is 31.3 Å². The summed E-state index contributed by atoms with van der Waals surface area (Å²) in [5.74, 6) is 1.57. The maximum absolute atomic E-state index is 13.1. The van der Waals surface area contributed by atoms with E-state index in [0.717, 1.165) is 49.5 Å². The Morgan fingerprint density at radius 1 is 1.06 bits per heavy atom. The third kappa shape index (κ3) is 6.23. The van der Waals surface area contributed by atoms with Crippen LogP contribution in [0.15, 0.2) is 48.5 Å². The van der Waals surface area contributed by atoms with Gasteiger partial charge in [-0.1, -0.05) is 30.3 Å². The summed E-state index contributed by atoms with van der Waals surface area (Å²) in [7, 11) is 1.68. The van der Waals surface area contributed by atoms with E-state index in [1.54, 1.807) is 21.0 Å². The lowest BCUT2D eigenvalue weighted by Crippen LogP contribution is -2.57. The summed E-state index contributed by atoms with van der Waals surface area (Å²) < 4.78 is 11.9. The summed E-state index contributed by atoms with van der Waals surface area (Å²) in [6.45, 7) is 5.46. The van der Waals surface area contributed by atoms with Crippen molar-refractivity contribution >= 4 is 11.6 Å². The van der Waals surface area contributed by atoms with E-state index in [9.17, 15) is 9.90 Å². The predicted molar refractivity (Wildman–Crippen MR) is 135 cm³/mol. The molecule has 34 heavy (non-hydrogen) atoms. The molecule has 0 radical (unpaired) electrons. The number of aliphatic hydroxyl groups is 1. The molecule has 2 aromatic carbocycles. The summed E-state index contributed by atoms with van der Waals surface area (Å²) in [5.41, 5.74) is 1.27. The lowest BCUT2D eigenvalue weighted by molar-refractivity contribution is -0.138. The van der Waals surface area contributed by atoms with Gasteiger partial charge in [-0.2, -0.15) is 0 Å². The molecule has 1 aliphatic carbocycles. The third-order valence-corrected chi connectivity index (χ3v) is 6.81. The van der Waals surface area contributed by atoms with Gasteiger partial charge in [-0.15, -0.1) is 0 Å². The molecule has 0 aromatic heterocycles. The number of carbonyl (C=O) groups is 1. The van der Waals surface area contributed by atoms with Gasteiger partial charge in [0.25, 0.3) is 0 Å². The number of rotatable bonds is 8. The number of benzene rings is 2. The number of anilines is 1. The van der Waals surface area contributed by atoms with Crippen molar-refractivity contribution in [1.29, 1.82) is 0 Å². The molecule has 1 N–H and O–H groups in total. The van der Waals surface area contributed by atoms with Gasteiger partial charge in [0.15, 0.2) is 11.5 Å². The van der Waals surface area contributed by atoms with Crippen LogP contribution in [0.5, 0.6) is 11.5 Å². The topological polar surface area (TPSA) is 62.2 Å². The normalized spacial score (nSPS) is 19.4. The largest absolute Gasteiger partial charge is 0.493 e. The highest BCUT2D eigenvalue weighted by Crippen LogP contribution is 2.36. The number of carbonyl (C=O) groups excluding carboxylic acids is 1. The fourth-order valence-corrected chi connectivity index (χ4v) is 5.09. The third-order valence-electron chi connectivity index (χ3n) is 6.81. The van der Waals surface area contributed by atoms with E-state index < -0.39 is 5.60 Å². The Morgan fingerprint density at radius 2 is 1.79 bits per heavy atom. The molecule has 0 bridgehead atoms. The Labute approximate surface area is 203 Å². The van der Waals surface area contributed by atoms with E-state index in [-0.39, 0.29) is 24.5 Å². The fraction of sp³-hybridized carbons (Fsp3) is 0.536. The molecule has 1 atom stereocenters. The molecule has 1 saturated carbocycles. The SMILES string of the molecule is COc1ccc(N2CCN(C(=O)CC(C)(C)O)C(Cc3ccccc3)C2)cc1OC1CCCC1. The van der Waals surface area contributed by atoms with Crippen LogP contribution < -0.4 is 14.4 Å². The molecule has 2 aromatic rings. The van der Waals surface area contributed by atoms with Gasteiger partial charge in [0, 0.05) is 31.4 Å². The molecule has 184 valence electrons. The lowest BCUT2D eigenvalue weighted by atomic mass is 9.98. The van der Waals surface area contributed by atoms with Crippen molar-refractivity contribution < 1.29 is 19.4 Å². The number of hydrogen-bond acceptors (Lipinski definition) is 5. The number of methoxy groups -OCH3 is 1. The first-order valence-corrected chi connectivity index (χ1v) is 12.5. The van der Waals surface area contributed by atoms with Gasteiger partial charge < -0.3 is 24.4 Å². The van der Waals surface area contributed by atoms with E-state index in [2.05, 4.69) is 29.2 Å². The molecule has 6 heteroatoms. The minimum absolute atomic E-state index is 0.00747. The zero-order chi connectivity index (χ0) is 24.1. The van der Waals surface area contributed by atoms with Crippen LogP contribution in [-0.2, 0) is 11.2 Å². The van der Waals surface area contributed by atoms with Gasteiger partial charge in [-0.25, -0.2) is 0 Å². The highest BCUT2D eigenvalue weighted by Gasteiger charge is 2.33. The zero-order valence-corrected chi connectivity index (χ0v) is 20.7. The van der Waals surface area contributed by atoms with Gasteiger partial charge >= 0.3 is 0 Å². The summed E-state index contributed by atoms with van der Waals surface area (Å²) in [4.78, 5) is 17.4. The van der Waals surface area contributed by atoms with Crippen molar-refractivity contribution in [2.75, 3.05) is 31.6 Å². The highest BCUT2D eigenvalue weighted by molar-refractivity contribution is 5.78. The number of hydrogen-bond donors (Lipinski definition) is 1. The second kappa shape index (κ2) is 10.7. The smallest absolute Gasteiger partial charge is 0.225 e. The molecule has 4 rings (SSSR count). The second-order valence-electron chi connectivity index (χ2n) is 10.2. The summed E-state index contributed by atoms with van der Waals surface area (Å²) >= 11 is 0. The fourth-order valence-electron chi connectivity index (χ4n) is 5.09. The molecule has 2 fully saturated rings. The van der Waals surface area contributed by atoms with Crippen molar-refractivity contribution in [3.8, 4) is 11.5 Å². The van der Waals surface area contributed by atoms with E-state index in [1.807, 2.05) is 29.2 Å². The van der Waals surface area contributed by atoms with E-state index >= 15 is 0 Å². The van der Waals surface area contributed by atoms with E-state index in [0.29, 0.717) is 6.54 Å². The highest BCUT2D eigenvalue weighted by atomic mass is 16.5. The van der Waals surface area contributed by atoms with Crippen molar-refractivity contribution in [3.63, 3.8) is 0 Å². The predicted octanol–water partition coefficient (Wildman–Crippen LogP) is 4.44. The first-order valence-electron chi connectivity index (χ1n) is 12.5. The van der Waals surface area contributed by atoms with Crippen molar-refractivity contribution in [1.82, 2.24) is 4.90 Å². The van der Waals surface area contributed by atoms with Crippen LogP contribution in [0.3, 0.4) is 0 Å². The van der Waals surface area contributed by atoms with Crippen LogP contribution in [0, 0.1) is 0 Å². The van der Waals surface area contributed by atoms with Crippen LogP contribution in [0.1, 0.15) is 51.5 Å². The Kier molecular flexibility index (Phi) is 7.67. The van der Waals surface area contributed by atoms with Crippen molar-refractivity contribution in [2.24, 2.45) is 0 Å². The maximum Gasteiger partial charge on any atom is 0.225 e. The van der Waals surface area contributed by atoms with Gasteiger partial charge in [0.2, 0.25) is 5.91 Å². The Morgan fingerprint density at radius 3 is 2.47 bits per heavy atom. The standard InChI is InChI=1S/C28H38N2O4/c1-28(2,32)19-27(31)30-16-15-29(20-23(30)17-21-9-5-4-6-10-21)22-13-14-25(33-3)26(18-22)34-24-11-7-8-12-24/h4-6,9-10,13-14,18,23-24,32H,7-8,11-12,15-17,19-20H2,1-3H3. The average Bonchev–Trinajstić information content (AvgIpc) is 3.31. The Balaban J connectivity index is 1.54. The van der Waals surface area contributed by atoms with Gasteiger partial charge in [-0.05, 0) is 63.6 Å². The van der Waals surface area contributed by atoms with Gasteiger partial charge in [0.1, 0.15) is 0 Å². The van der Waals surface area contributed by atoms with E-state index in [4.69, 9.17) is 9.47 Å². The van der Waals surface area contributed by atoms with Crippen LogP contribution in [0.25, 0.3) is 0 Å². The average molecular weight is 467 g/mol. The molecular weight excluding hydrogens is 428 g/mol. The monoisotopic (exact) mass is 466 g/mol. The first-order chi connectivity index (χ1) is 16.3. The summed E-state index contributed by atoms with van der Waals surface area (Å²) in [6, 6.07) is 16.5. The molecule has 1 saturated heterocycles. The van der Waals surface area contributed by atoms with Crippen molar-refractivity contribution in [3.05, 3.63) is 54.1 Å². The van der Waals surface area contributed by atoms with E-state index in [1.165, 1.54) is 18.4 Å². The molecule has 1 amide bonds. The number of piperazine rings is 1. The van der Waals surface area contributed by atoms with Crippen LogP contribution >= 0.6 is 0 Å². The van der Waals surface area contributed by atoms with Crippen LogP contribution in [0.4, 0.5) is 5.69 Å². The first kappa shape index (κ1) is 24.4. The maximum atomic E-state index is 13.1. The number of ether oxygens (including phenoxy) is 2. The summed E-state index contributed by atoms with van der Waals surface area (Å²) in [6.07, 6.45) is 5.77. The minimum Gasteiger partial charge on any atom is -0.493 e. The second-order valence-corrected chi connectivity index (χ2v) is 10.2. The number of amides is 1.